The number of hydrogen-bond donors (Lipinski definition) is 0. The predicted octanol–water partition coefficient (Wildman–Crippen LogP) is 5.76. The summed E-state index contributed by atoms with van der Waals surface area (Å²) in [6.45, 7) is 2.37. The maximum absolute atomic E-state index is 3.65. The van der Waals surface area contributed by atoms with E-state index in [9.17, 15) is 0 Å². The van der Waals surface area contributed by atoms with E-state index < -0.39 is 0 Å². The Kier molecular flexibility index (Phi) is 4.09. The van der Waals surface area contributed by atoms with Crippen LogP contribution < -0.4 is 0 Å². The molecular weight excluding hydrogens is 344 g/mol. The maximum atomic E-state index is 3.65. The number of alkyl halides is 1. The monoisotopic (exact) mass is 368 g/mol. The molecule has 0 spiro atoms. The second-order valence-corrected chi connectivity index (χ2v) is 7.99. The van der Waals surface area contributed by atoms with E-state index >= 15 is 0 Å². The van der Waals surface area contributed by atoms with Gasteiger partial charge in [0.1, 0.15) is 0 Å². The van der Waals surface area contributed by atoms with Crippen molar-refractivity contribution in [3.8, 4) is 0 Å². The van der Waals surface area contributed by atoms with Gasteiger partial charge < -0.3 is 0 Å². The van der Waals surface area contributed by atoms with Crippen molar-refractivity contribution in [2.24, 2.45) is 0 Å². The number of benzene rings is 2. The zero-order chi connectivity index (χ0) is 15.9. The van der Waals surface area contributed by atoms with Crippen molar-refractivity contribution in [2.45, 2.75) is 57.3 Å². The molecule has 2 aliphatic carbocycles. The van der Waals surface area contributed by atoms with Crippen LogP contribution in [0.1, 0.15) is 59.6 Å². The number of fused-ring (bicyclic) bond motifs is 2. The van der Waals surface area contributed by atoms with Gasteiger partial charge in [0.15, 0.2) is 0 Å². The smallest absolute Gasteiger partial charge is 0.0200 e. The van der Waals surface area contributed by atoms with Crippen molar-refractivity contribution in [3.05, 3.63) is 69.8 Å². The summed E-state index contributed by atoms with van der Waals surface area (Å²) in [5.41, 5.74) is 9.57. The molecule has 0 aromatic heterocycles. The summed E-state index contributed by atoms with van der Waals surface area (Å²) in [4.78, 5) is 0. The van der Waals surface area contributed by atoms with Crippen LogP contribution in [0.15, 0.2) is 36.4 Å². The second kappa shape index (κ2) is 6.09. The molecule has 0 aliphatic heterocycles. The standard InChI is InChI=1S/C22H25Br/c1-2-22(12-3-13-23,20-10-8-16-4-6-18(16)14-20)21-11-9-17-5-7-19(17)15-21/h8-11,14-15H,2-7,12-13H2,1H3. The van der Waals surface area contributed by atoms with Crippen molar-refractivity contribution >= 4 is 15.9 Å². The van der Waals surface area contributed by atoms with Crippen LogP contribution in [0.5, 0.6) is 0 Å². The fourth-order valence-electron chi connectivity index (χ4n) is 4.39. The quantitative estimate of drug-likeness (QED) is 0.569. The third-order valence-corrected chi connectivity index (χ3v) is 6.75. The SMILES string of the molecule is CCC(CCCBr)(c1ccc2c(c1)CC2)c1ccc2c(c1)CC2. The minimum atomic E-state index is 0.184. The van der Waals surface area contributed by atoms with E-state index in [0.29, 0.717) is 0 Å². The minimum Gasteiger partial charge on any atom is -0.0928 e. The Morgan fingerprint density at radius 2 is 1.35 bits per heavy atom. The van der Waals surface area contributed by atoms with Gasteiger partial charge in [-0.2, -0.15) is 0 Å². The van der Waals surface area contributed by atoms with Crippen LogP contribution in [0, 0.1) is 0 Å². The van der Waals surface area contributed by atoms with Crippen LogP contribution in [-0.2, 0) is 31.1 Å². The highest BCUT2D eigenvalue weighted by Crippen LogP contribution is 2.43. The first-order valence-electron chi connectivity index (χ1n) is 9.07. The van der Waals surface area contributed by atoms with Gasteiger partial charge in [0.2, 0.25) is 0 Å². The fourth-order valence-corrected chi connectivity index (χ4v) is 4.67. The first-order valence-corrected chi connectivity index (χ1v) is 10.2. The molecule has 23 heavy (non-hydrogen) atoms. The van der Waals surface area contributed by atoms with Gasteiger partial charge in [-0.25, -0.2) is 0 Å². The van der Waals surface area contributed by atoms with Gasteiger partial charge in [-0.15, -0.1) is 0 Å². The molecule has 1 heteroatoms. The zero-order valence-electron chi connectivity index (χ0n) is 14.0. The van der Waals surface area contributed by atoms with Crippen LogP contribution in [0.2, 0.25) is 0 Å². The summed E-state index contributed by atoms with van der Waals surface area (Å²) in [5.74, 6) is 0. The Bertz CT molecular complexity index is 673. The molecule has 120 valence electrons. The van der Waals surface area contributed by atoms with Crippen LogP contribution in [0.25, 0.3) is 0 Å². The van der Waals surface area contributed by atoms with Crippen molar-refractivity contribution in [1.29, 1.82) is 0 Å². The van der Waals surface area contributed by atoms with Gasteiger partial charge in [0.25, 0.3) is 0 Å². The molecule has 0 radical (unpaired) electrons. The van der Waals surface area contributed by atoms with Gasteiger partial charge in [0.05, 0.1) is 0 Å². The molecule has 4 rings (SSSR count). The molecule has 0 nitrogen and oxygen atoms in total. The third-order valence-electron chi connectivity index (χ3n) is 6.19. The Morgan fingerprint density at radius 3 is 1.70 bits per heavy atom. The average Bonchev–Trinajstić information content (AvgIpc) is 2.52. The van der Waals surface area contributed by atoms with Crippen molar-refractivity contribution in [2.75, 3.05) is 5.33 Å². The average molecular weight is 369 g/mol. The van der Waals surface area contributed by atoms with Crippen molar-refractivity contribution in [1.82, 2.24) is 0 Å². The fraction of sp³-hybridized carbons (Fsp3) is 0.455. The highest BCUT2D eigenvalue weighted by atomic mass is 79.9. The van der Waals surface area contributed by atoms with E-state index in [4.69, 9.17) is 0 Å². The summed E-state index contributed by atoms with van der Waals surface area (Å²) >= 11 is 3.65. The number of halogens is 1. The van der Waals surface area contributed by atoms with Gasteiger partial charge >= 0.3 is 0 Å². The van der Waals surface area contributed by atoms with E-state index in [-0.39, 0.29) is 5.41 Å². The van der Waals surface area contributed by atoms with E-state index in [0.717, 1.165) is 5.33 Å². The van der Waals surface area contributed by atoms with Crippen LogP contribution in [0.3, 0.4) is 0 Å². The first-order chi connectivity index (χ1) is 11.3. The summed E-state index contributed by atoms with van der Waals surface area (Å²) in [7, 11) is 0. The molecule has 2 aromatic carbocycles. The predicted molar refractivity (Wildman–Crippen MR) is 102 cm³/mol. The Morgan fingerprint density at radius 1 is 0.826 bits per heavy atom. The Hall–Kier alpha value is -1.08. The van der Waals surface area contributed by atoms with Gasteiger partial charge in [-0.1, -0.05) is 59.3 Å². The molecule has 0 fully saturated rings. The highest BCUT2D eigenvalue weighted by Gasteiger charge is 2.34. The normalized spacial score (nSPS) is 15.4. The van der Waals surface area contributed by atoms with Crippen LogP contribution in [-0.4, -0.2) is 5.33 Å². The first kappa shape index (κ1) is 15.4. The highest BCUT2D eigenvalue weighted by molar-refractivity contribution is 9.09. The van der Waals surface area contributed by atoms with Crippen molar-refractivity contribution < 1.29 is 0 Å². The molecule has 2 aliphatic rings. The van der Waals surface area contributed by atoms with E-state index in [1.807, 2.05) is 0 Å². The molecule has 0 unspecified atom stereocenters. The number of aryl methyl sites for hydroxylation is 4. The van der Waals surface area contributed by atoms with E-state index in [1.54, 1.807) is 33.4 Å². The minimum absolute atomic E-state index is 0.184. The van der Waals surface area contributed by atoms with Crippen LogP contribution >= 0.6 is 15.9 Å². The molecule has 2 aromatic rings. The third kappa shape index (κ3) is 2.48. The topological polar surface area (TPSA) is 0 Å². The van der Waals surface area contributed by atoms with Crippen molar-refractivity contribution in [3.63, 3.8) is 0 Å². The molecule has 0 atom stereocenters. The van der Waals surface area contributed by atoms with Gasteiger partial charge in [-0.3, -0.25) is 0 Å². The zero-order valence-corrected chi connectivity index (χ0v) is 15.6. The molecule has 0 heterocycles. The molecule has 0 saturated heterocycles. The summed E-state index contributed by atoms with van der Waals surface area (Å²) in [5, 5.41) is 1.09. The van der Waals surface area contributed by atoms with Crippen LogP contribution in [0.4, 0.5) is 0 Å². The summed E-state index contributed by atoms with van der Waals surface area (Å²) in [6.07, 6.45) is 8.72. The van der Waals surface area contributed by atoms with E-state index in [2.05, 4.69) is 59.3 Å². The Balaban J connectivity index is 1.81. The van der Waals surface area contributed by atoms with Gasteiger partial charge in [0, 0.05) is 10.7 Å². The summed E-state index contributed by atoms with van der Waals surface area (Å²) < 4.78 is 0. The lowest BCUT2D eigenvalue weighted by Crippen LogP contribution is -2.29. The maximum Gasteiger partial charge on any atom is 0.0200 e. The molecule has 0 saturated carbocycles. The molecule has 0 N–H and O–H groups in total. The lowest BCUT2D eigenvalue weighted by molar-refractivity contribution is 0.450. The molecule has 0 amide bonds. The Labute approximate surface area is 148 Å². The molecular formula is C22H25Br. The van der Waals surface area contributed by atoms with Gasteiger partial charge in [-0.05, 0) is 78.3 Å². The number of rotatable bonds is 6. The lowest BCUT2D eigenvalue weighted by atomic mass is 9.67. The largest absolute Gasteiger partial charge is 0.0928 e. The number of hydrogen-bond acceptors (Lipinski definition) is 0. The molecule has 0 bridgehead atoms. The summed E-state index contributed by atoms with van der Waals surface area (Å²) in [6, 6.07) is 14.6. The lowest BCUT2D eigenvalue weighted by Gasteiger charge is -2.37. The van der Waals surface area contributed by atoms with E-state index in [1.165, 1.54) is 44.9 Å². The second-order valence-electron chi connectivity index (χ2n) is 7.20.